The van der Waals surface area contributed by atoms with E-state index < -0.39 is 15.8 Å². The van der Waals surface area contributed by atoms with Crippen molar-refractivity contribution in [3.63, 3.8) is 0 Å². The molecule has 29 heavy (non-hydrogen) atoms. The largest absolute Gasteiger partial charge is 0.334 e. The van der Waals surface area contributed by atoms with Gasteiger partial charge in [0.1, 0.15) is 5.82 Å². The monoisotopic (exact) mass is 415 g/mol. The summed E-state index contributed by atoms with van der Waals surface area (Å²) in [5, 5.41) is 3.84. The zero-order valence-corrected chi connectivity index (χ0v) is 17.0. The van der Waals surface area contributed by atoms with Crippen LogP contribution in [0.15, 0.2) is 51.9 Å². The molecule has 0 N–H and O–H groups in total. The Morgan fingerprint density at radius 2 is 1.86 bits per heavy atom. The fourth-order valence-corrected chi connectivity index (χ4v) is 4.75. The molecule has 1 aromatic heterocycles. The number of aromatic nitrogens is 2. The Balaban J connectivity index is 1.45. The smallest absolute Gasteiger partial charge is 0.260 e. The molecule has 0 fully saturated rings. The predicted octanol–water partition coefficient (Wildman–Crippen LogP) is 3.62. The van der Waals surface area contributed by atoms with Crippen LogP contribution in [0.4, 0.5) is 4.39 Å². The maximum Gasteiger partial charge on any atom is 0.260 e. The first kappa shape index (κ1) is 19.7. The molecule has 0 spiro atoms. The van der Waals surface area contributed by atoms with Crippen molar-refractivity contribution in [2.75, 3.05) is 13.6 Å². The third-order valence-corrected chi connectivity index (χ3v) is 7.10. The van der Waals surface area contributed by atoms with Crippen LogP contribution in [0, 0.1) is 5.82 Å². The summed E-state index contributed by atoms with van der Waals surface area (Å²) in [5.74, 6) is -0.0381. The Labute approximate surface area is 169 Å². The molecule has 0 radical (unpaired) electrons. The molecule has 0 saturated heterocycles. The van der Waals surface area contributed by atoms with E-state index >= 15 is 0 Å². The van der Waals surface area contributed by atoms with Crippen molar-refractivity contribution in [1.82, 2.24) is 14.4 Å². The van der Waals surface area contributed by atoms with E-state index in [0.29, 0.717) is 10.7 Å². The second-order valence-corrected chi connectivity index (χ2v) is 9.25. The molecule has 3 aromatic rings. The predicted molar refractivity (Wildman–Crippen MR) is 106 cm³/mol. The molecule has 0 amide bonds. The third kappa shape index (κ3) is 4.09. The number of sulfonamides is 1. The van der Waals surface area contributed by atoms with Crippen LogP contribution in [0.1, 0.15) is 29.8 Å². The maximum atomic E-state index is 13.8. The number of nitrogens with zero attached hydrogens (tertiary/aromatic N) is 3. The van der Waals surface area contributed by atoms with Gasteiger partial charge in [0.15, 0.2) is 5.82 Å². The molecule has 6 nitrogen and oxygen atoms in total. The van der Waals surface area contributed by atoms with E-state index in [1.165, 1.54) is 23.0 Å². The Hall–Kier alpha value is -2.58. The second-order valence-electron chi connectivity index (χ2n) is 7.21. The molecule has 1 aliphatic carbocycles. The zero-order valence-electron chi connectivity index (χ0n) is 16.1. The lowest BCUT2D eigenvalue weighted by molar-refractivity contribution is 0.413. The Morgan fingerprint density at radius 3 is 2.66 bits per heavy atom. The quantitative estimate of drug-likeness (QED) is 0.615. The summed E-state index contributed by atoms with van der Waals surface area (Å²) >= 11 is 0. The lowest BCUT2D eigenvalue weighted by atomic mass is 9.92. The van der Waals surface area contributed by atoms with Crippen LogP contribution in [-0.4, -0.2) is 36.5 Å². The van der Waals surface area contributed by atoms with Crippen molar-refractivity contribution in [2.45, 2.75) is 37.0 Å². The molecular weight excluding hydrogens is 393 g/mol. The van der Waals surface area contributed by atoms with Crippen LogP contribution in [0.2, 0.25) is 0 Å². The number of halogens is 1. The van der Waals surface area contributed by atoms with Crippen molar-refractivity contribution in [3.8, 4) is 11.5 Å². The summed E-state index contributed by atoms with van der Waals surface area (Å²) in [6.07, 6.45) is 4.43. The van der Waals surface area contributed by atoms with Crippen LogP contribution in [0.3, 0.4) is 0 Å². The fourth-order valence-electron chi connectivity index (χ4n) is 3.53. The molecule has 1 aliphatic rings. The Bertz CT molecular complexity index is 1130. The highest BCUT2D eigenvalue weighted by Crippen LogP contribution is 2.25. The van der Waals surface area contributed by atoms with Crippen LogP contribution in [0.25, 0.3) is 11.5 Å². The van der Waals surface area contributed by atoms with Gasteiger partial charge in [0.05, 0.1) is 10.5 Å². The lowest BCUT2D eigenvalue weighted by Gasteiger charge is -2.20. The van der Waals surface area contributed by atoms with Gasteiger partial charge in [0, 0.05) is 20.0 Å². The fraction of sp³-hybridized carbons (Fsp3) is 0.333. The van der Waals surface area contributed by atoms with Crippen LogP contribution < -0.4 is 0 Å². The number of rotatable bonds is 6. The average Bonchev–Trinajstić information content (AvgIpc) is 3.20. The van der Waals surface area contributed by atoms with Crippen molar-refractivity contribution >= 4 is 10.0 Å². The molecule has 0 bridgehead atoms. The van der Waals surface area contributed by atoms with Crippen LogP contribution in [0.5, 0.6) is 0 Å². The molecular formula is C21H22FN3O3S. The minimum absolute atomic E-state index is 0.0818. The normalized spacial score (nSPS) is 14.2. The summed E-state index contributed by atoms with van der Waals surface area (Å²) in [7, 11) is -2.07. The van der Waals surface area contributed by atoms with Gasteiger partial charge in [-0.3, -0.25) is 0 Å². The average molecular weight is 415 g/mol. The van der Waals surface area contributed by atoms with E-state index in [1.807, 2.05) is 6.07 Å². The number of hydrogen-bond acceptors (Lipinski definition) is 5. The number of aryl methyl sites for hydroxylation is 2. The van der Waals surface area contributed by atoms with Gasteiger partial charge < -0.3 is 4.52 Å². The van der Waals surface area contributed by atoms with Crippen molar-refractivity contribution < 1.29 is 17.3 Å². The lowest BCUT2D eigenvalue weighted by Crippen LogP contribution is -2.29. The Kier molecular flexibility index (Phi) is 5.47. The molecule has 1 heterocycles. The van der Waals surface area contributed by atoms with Gasteiger partial charge in [-0.2, -0.15) is 4.98 Å². The minimum Gasteiger partial charge on any atom is -0.334 e. The molecule has 152 valence electrons. The van der Waals surface area contributed by atoms with E-state index in [9.17, 15) is 12.8 Å². The van der Waals surface area contributed by atoms with Gasteiger partial charge >= 0.3 is 0 Å². The van der Waals surface area contributed by atoms with Gasteiger partial charge in [0.2, 0.25) is 10.0 Å². The van der Waals surface area contributed by atoms with Crippen LogP contribution in [-0.2, 0) is 29.3 Å². The number of likely N-dealkylation sites (N-methyl/N-ethyl adjacent to an activating group) is 1. The maximum absolute atomic E-state index is 13.8. The van der Waals surface area contributed by atoms with Gasteiger partial charge in [-0.1, -0.05) is 23.4 Å². The zero-order chi connectivity index (χ0) is 20.4. The number of hydrogen-bond donors (Lipinski definition) is 0. The molecule has 4 rings (SSSR count). The molecule has 2 aromatic carbocycles. The van der Waals surface area contributed by atoms with Crippen molar-refractivity contribution in [3.05, 3.63) is 65.2 Å². The van der Waals surface area contributed by atoms with Gasteiger partial charge in [-0.15, -0.1) is 0 Å². The first-order valence-electron chi connectivity index (χ1n) is 9.61. The van der Waals surface area contributed by atoms with Crippen LogP contribution >= 0.6 is 0 Å². The summed E-state index contributed by atoms with van der Waals surface area (Å²) < 4.78 is 46.1. The SMILES string of the molecule is CN(CCc1noc(-c2ccccc2F)n1)S(=O)(=O)c1ccc2c(c1)CCCC2. The standard InChI is InChI=1S/C21H22FN3O3S/c1-25(29(26,27)17-11-10-15-6-2-3-7-16(15)14-17)13-12-20-23-21(28-24-20)18-8-4-5-9-19(18)22/h4-5,8-11,14H,2-3,6-7,12-13H2,1H3. The van der Waals surface area contributed by atoms with E-state index in [-0.39, 0.29) is 24.4 Å². The second kappa shape index (κ2) is 8.04. The molecule has 8 heteroatoms. The topological polar surface area (TPSA) is 76.3 Å². The molecule has 0 aliphatic heterocycles. The van der Waals surface area contributed by atoms with E-state index in [0.717, 1.165) is 31.2 Å². The van der Waals surface area contributed by atoms with E-state index in [4.69, 9.17) is 4.52 Å². The minimum atomic E-state index is -3.61. The van der Waals surface area contributed by atoms with E-state index in [2.05, 4.69) is 10.1 Å². The molecule has 0 atom stereocenters. The Morgan fingerprint density at radius 1 is 1.10 bits per heavy atom. The van der Waals surface area contributed by atoms with E-state index in [1.54, 1.807) is 30.3 Å². The van der Waals surface area contributed by atoms with Gasteiger partial charge in [-0.05, 0) is 61.1 Å². The first-order chi connectivity index (χ1) is 13.9. The summed E-state index contributed by atoms with van der Waals surface area (Å²) in [6.45, 7) is 0.190. The highest BCUT2D eigenvalue weighted by atomic mass is 32.2. The summed E-state index contributed by atoms with van der Waals surface area (Å²) in [4.78, 5) is 4.49. The molecule has 0 saturated carbocycles. The summed E-state index contributed by atoms with van der Waals surface area (Å²) in [5.41, 5.74) is 2.59. The number of benzene rings is 2. The third-order valence-electron chi connectivity index (χ3n) is 5.25. The molecule has 0 unspecified atom stereocenters. The van der Waals surface area contributed by atoms with Gasteiger partial charge in [-0.25, -0.2) is 17.1 Å². The number of fused-ring (bicyclic) bond motifs is 1. The van der Waals surface area contributed by atoms with Gasteiger partial charge in [0.25, 0.3) is 5.89 Å². The van der Waals surface area contributed by atoms with Crippen molar-refractivity contribution in [2.24, 2.45) is 0 Å². The highest BCUT2D eigenvalue weighted by Gasteiger charge is 2.23. The highest BCUT2D eigenvalue weighted by molar-refractivity contribution is 7.89. The summed E-state index contributed by atoms with van der Waals surface area (Å²) in [6, 6.07) is 11.5. The first-order valence-corrected chi connectivity index (χ1v) is 11.0. The van der Waals surface area contributed by atoms with Crippen molar-refractivity contribution in [1.29, 1.82) is 0 Å².